The van der Waals surface area contributed by atoms with Gasteiger partial charge in [-0.05, 0) is 24.3 Å². The minimum absolute atomic E-state index is 0.0131. The highest BCUT2D eigenvalue weighted by Crippen LogP contribution is 2.25. The van der Waals surface area contributed by atoms with E-state index in [1.54, 1.807) is 25.2 Å². The molecule has 5 heteroatoms. The SMILES string of the molecule is CNc1cc(C(=O)O)nc2ccc(Cl)cc12. The van der Waals surface area contributed by atoms with Crippen molar-refractivity contribution in [1.29, 1.82) is 0 Å². The molecule has 0 bridgehead atoms. The number of aromatic carboxylic acids is 1. The van der Waals surface area contributed by atoms with Gasteiger partial charge in [-0.3, -0.25) is 0 Å². The number of carboxylic acids is 1. The van der Waals surface area contributed by atoms with E-state index in [4.69, 9.17) is 16.7 Å². The van der Waals surface area contributed by atoms with E-state index in [9.17, 15) is 4.79 Å². The van der Waals surface area contributed by atoms with Gasteiger partial charge in [0, 0.05) is 23.1 Å². The minimum atomic E-state index is -1.05. The molecule has 0 amide bonds. The summed E-state index contributed by atoms with van der Waals surface area (Å²) in [6.45, 7) is 0. The molecule has 0 saturated carbocycles. The number of hydrogen-bond donors (Lipinski definition) is 2. The van der Waals surface area contributed by atoms with Crippen molar-refractivity contribution in [2.45, 2.75) is 0 Å². The van der Waals surface area contributed by atoms with E-state index < -0.39 is 5.97 Å². The molecule has 2 N–H and O–H groups in total. The lowest BCUT2D eigenvalue weighted by Crippen LogP contribution is -2.02. The van der Waals surface area contributed by atoms with Gasteiger partial charge in [0.05, 0.1) is 5.52 Å². The predicted octanol–water partition coefficient (Wildman–Crippen LogP) is 2.63. The number of pyridine rings is 1. The van der Waals surface area contributed by atoms with Crippen LogP contribution >= 0.6 is 11.6 Å². The second-order valence-electron chi connectivity index (χ2n) is 3.27. The number of aromatic nitrogens is 1. The maximum Gasteiger partial charge on any atom is 0.354 e. The second-order valence-corrected chi connectivity index (χ2v) is 3.71. The quantitative estimate of drug-likeness (QED) is 0.842. The first-order valence-electron chi connectivity index (χ1n) is 4.63. The van der Waals surface area contributed by atoms with Gasteiger partial charge >= 0.3 is 5.97 Å². The summed E-state index contributed by atoms with van der Waals surface area (Å²) >= 11 is 5.88. The summed E-state index contributed by atoms with van der Waals surface area (Å²) in [5.41, 5.74) is 1.32. The fraction of sp³-hybridized carbons (Fsp3) is 0.0909. The molecule has 0 spiro atoms. The van der Waals surface area contributed by atoms with Gasteiger partial charge in [0.15, 0.2) is 5.69 Å². The monoisotopic (exact) mass is 236 g/mol. The molecule has 0 saturated heterocycles. The van der Waals surface area contributed by atoms with Gasteiger partial charge in [0.1, 0.15) is 0 Å². The lowest BCUT2D eigenvalue weighted by molar-refractivity contribution is 0.0691. The number of carbonyl (C=O) groups is 1. The first-order chi connectivity index (χ1) is 7.61. The standard InChI is InChI=1S/C11H9ClN2O2/c1-13-9-5-10(11(15)16)14-8-3-2-6(12)4-7(8)9/h2-5H,1H3,(H,13,14)(H,15,16). The van der Waals surface area contributed by atoms with Crippen molar-refractivity contribution in [2.75, 3.05) is 12.4 Å². The Morgan fingerprint density at radius 1 is 1.44 bits per heavy atom. The summed E-state index contributed by atoms with van der Waals surface area (Å²) in [6.07, 6.45) is 0. The van der Waals surface area contributed by atoms with Crippen LogP contribution < -0.4 is 5.32 Å². The summed E-state index contributed by atoms with van der Waals surface area (Å²) in [4.78, 5) is 14.9. The minimum Gasteiger partial charge on any atom is -0.477 e. The Bertz CT molecular complexity index is 569. The van der Waals surface area contributed by atoms with Gasteiger partial charge in [0.25, 0.3) is 0 Å². The van der Waals surface area contributed by atoms with Crippen LogP contribution in [0.4, 0.5) is 5.69 Å². The fourth-order valence-corrected chi connectivity index (χ4v) is 1.69. The van der Waals surface area contributed by atoms with Gasteiger partial charge in [-0.15, -0.1) is 0 Å². The summed E-state index contributed by atoms with van der Waals surface area (Å²) in [6, 6.07) is 6.62. The van der Waals surface area contributed by atoms with Crippen molar-refractivity contribution >= 4 is 34.2 Å². The highest BCUT2D eigenvalue weighted by atomic mass is 35.5. The molecule has 0 aliphatic rings. The first-order valence-corrected chi connectivity index (χ1v) is 5.01. The molecule has 0 atom stereocenters. The molecule has 1 aromatic heterocycles. The van der Waals surface area contributed by atoms with Crippen LogP contribution in [0.2, 0.25) is 5.02 Å². The largest absolute Gasteiger partial charge is 0.477 e. The molecule has 0 fully saturated rings. The number of halogens is 1. The summed E-state index contributed by atoms with van der Waals surface area (Å²) in [5, 5.41) is 13.2. The summed E-state index contributed by atoms with van der Waals surface area (Å²) < 4.78 is 0. The van der Waals surface area contributed by atoms with Gasteiger partial charge in [-0.2, -0.15) is 0 Å². The van der Waals surface area contributed by atoms with Gasteiger partial charge in [0.2, 0.25) is 0 Å². The third-order valence-corrected chi connectivity index (χ3v) is 2.49. The van der Waals surface area contributed by atoms with Crippen molar-refractivity contribution in [3.05, 3.63) is 35.0 Å². The zero-order valence-corrected chi connectivity index (χ0v) is 9.25. The zero-order valence-electron chi connectivity index (χ0n) is 8.49. The summed E-state index contributed by atoms with van der Waals surface area (Å²) in [5.74, 6) is -1.05. The van der Waals surface area contributed by atoms with E-state index in [0.717, 1.165) is 5.39 Å². The molecule has 1 aromatic carbocycles. The van der Waals surface area contributed by atoms with Crippen LogP contribution in [0.15, 0.2) is 24.3 Å². The van der Waals surface area contributed by atoms with E-state index in [1.807, 2.05) is 0 Å². The highest BCUT2D eigenvalue weighted by molar-refractivity contribution is 6.31. The lowest BCUT2D eigenvalue weighted by atomic mass is 10.1. The van der Waals surface area contributed by atoms with Gasteiger partial charge in [-0.25, -0.2) is 9.78 Å². The molecule has 1 heterocycles. The topological polar surface area (TPSA) is 62.2 Å². The molecule has 0 aliphatic heterocycles. The van der Waals surface area contributed by atoms with Crippen molar-refractivity contribution < 1.29 is 9.90 Å². The van der Waals surface area contributed by atoms with Crippen molar-refractivity contribution in [2.24, 2.45) is 0 Å². The van der Waals surface area contributed by atoms with E-state index in [0.29, 0.717) is 16.2 Å². The predicted molar refractivity (Wildman–Crippen MR) is 63.3 cm³/mol. The average Bonchev–Trinajstić information content (AvgIpc) is 2.27. The van der Waals surface area contributed by atoms with Crippen LogP contribution in [-0.2, 0) is 0 Å². The Hall–Kier alpha value is -1.81. The molecule has 4 nitrogen and oxygen atoms in total. The number of nitrogens with one attached hydrogen (secondary N) is 1. The zero-order chi connectivity index (χ0) is 11.7. The molecular weight excluding hydrogens is 228 g/mol. The van der Waals surface area contributed by atoms with Crippen LogP contribution in [-0.4, -0.2) is 23.1 Å². The number of nitrogens with zero attached hydrogens (tertiary/aromatic N) is 1. The number of carboxylic acid groups (broad SMARTS) is 1. The van der Waals surface area contributed by atoms with Gasteiger partial charge in [-0.1, -0.05) is 11.6 Å². The number of benzene rings is 1. The van der Waals surface area contributed by atoms with Gasteiger partial charge < -0.3 is 10.4 Å². The van der Waals surface area contributed by atoms with E-state index in [1.165, 1.54) is 6.07 Å². The van der Waals surface area contributed by atoms with Crippen LogP contribution in [0.25, 0.3) is 10.9 Å². The van der Waals surface area contributed by atoms with Crippen molar-refractivity contribution in [3.8, 4) is 0 Å². The van der Waals surface area contributed by atoms with E-state index in [-0.39, 0.29) is 5.69 Å². The van der Waals surface area contributed by atoms with Crippen molar-refractivity contribution in [1.82, 2.24) is 4.98 Å². The Morgan fingerprint density at radius 3 is 2.81 bits per heavy atom. The maximum atomic E-state index is 10.9. The summed E-state index contributed by atoms with van der Waals surface area (Å²) in [7, 11) is 1.72. The number of rotatable bonds is 2. The second kappa shape index (κ2) is 3.98. The van der Waals surface area contributed by atoms with Crippen LogP contribution in [0.1, 0.15) is 10.5 Å². The molecule has 82 valence electrons. The molecule has 0 radical (unpaired) electrons. The van der Waals surface area contributed by atoms with Crippen molar-refractivity contribution in [3.63, 3.8) is 0 Å². The number of hydrogen-bond acceptors (Lipinski definition) is 3. The maximum absolute atomic E-state index is 10.9. The first kappa shape index (κ1) is 10.7. The third-order valence-electron chi connectivity index (χ3n) is 2.26. The van der Waals surface area contributed by atoms with Crippen LogP contribution in [0.5, 0.6) is 0 Å². The number of anilines is 1. The molecule has 0 unspecified atom stereocenters. The molecule has 0 aliphatic carbocycles. The molecule has 16 heavy (non-hydrogen) atoms. The smallest absolute Gasteiger partial charge is 0.354 e. The fourth-order valence-electron chi connectivity index (χ4n) is 1.51. The Labute approximate surface area is 96.9 Å². The van der Waals surface area contributed by atoms with E-state index >= 15 is 0 Å². The van der Waals surface area contributed by atoms with Crippen LogP contribution in [0, 0.1) is 0 Å². The normalized spacial score (nSPS) is 10.4. The average molecular weight is 237 g/mol. The molecule has 2 aromatic rings. The lowest BCUT2D eigenvalue weighted by Gasteiger charge is -2.07. The Balaban J connectivity index is 2.78. The van der Waals surface area contributed by atoms with Crippen LogP contribution in [0.3, 0.4) is 0 Å². The Morgan fingerprint density at radius 2 is 2.19 bits per heavy atom. The molecular formula is C11H9ClN2O2. The number of fused-ring (bicyclic) bond motifs is 1. The Kier molecular flexibility index (Phi) is 2.66. The van der Waals surface area contributed by atoms with E-state index in [2.05, 4.69) is 10.3 Å². The molecule has 2 rings (SSSR count). The third kappa shape index (κ3) is 1.79. The highest BCUT2D eigenvalue weighted by Gasteiger charge is 2.10.